The molecule has 0 bridgehead atoms. The van der Waals surface area contributed by atoms with E-state index in [9.17, 15) is 4.79 Å². The van der Waals surface area contributed by atoms with Gasteiger partial charge in [0.05, 0.1) is 32.7 Å². The quantitative estimate of drug-likeness (QED) is 0.412. The molecule has 2 heterocycles. The highest BCUT2D eigenvalue weighted by Crippen LogP contribution is 2.47. The Bertz CT molecular complexity index is 1350. The number of hydrogen-bond acceptors (Lipinski definition) is 5. The van der Waals surface area contributed by atoms with E-state index in [4.69, 9.17) is 19.3 Å². The average molecular weight is 470 g/mol. The number of carbonyl (C=O) groups excluding carboxylic acids is 1. The fourth-order valence-corrected chi connectivity index (χ4v) is 4.62. The topological polar surface area (TPSA) is 74.6 Å². The molecule has 0 fully saturated rings. The minimum atomic E-state index is -0.262. The number of benzene rings is 3. The van der Waals surface area contributed by atoms with E-state index in [0.29, 0.717) is 23.1 Å². The van der Waals surface area contributed by atoms with Crippen LogP contribution in [0.4, 0.5) is 5.82 Å². The summed E-state index contributed by atoms with van der Waals surface area (Å²) >= 11 is 0. The summed E-state index contributed by atoms with van der Waals surface area (Å²) in [6, 6.07) is 21.9. The highest BCUT2D eigenvalue weighted by molar-refractivity contribution is 5.96. The molecule has 1 N–H and O–H groups in total. The fraction of sp³-hybridized carbons (Fsp3) is 0.214. The molecule has 178 valence electrons. The third-order valence-corrected chi connectivity index (χ3v) is 6.33. The first-order chi connectivity index (χ1) is 17.0. The number of anilines is 1. The molecule has 1 aromatic heterocycles. The third-order valence-electron chi connectivity index (χ3n) is 6.33. The van der Waals surface area contributed by atoms with Crippen LogP contribution in [0.2, 0.25) is 0 Å². The molecule has 1 amide bonds. The predicted octanol–water partition coefficient (Wildman–Crippen LogP) is 5.35. The number of nitrogens with zero attached hydrogens (tertiary/aromatic N) is 2. The van der Waals surface area contributed by atoms with Gasteiger partial charge in [-0.2, -0.15) is 5.10 Å². The number of hydrogen-bond donors (Lipinski definition) is 1. The minimum Gasteiger partial charge on any atom is -0.493 e. The molecule has 7 heteroatoms. The van der Waals surface area contributed by atoms with Crippen LogP contribution in [0, 0.1) is 6.92 Å². The summed E-state index contributed by atoms with van der Waals surface area (Å²) in [5.41, 5.74) is 5.65. The smallest absolute Gasteiger partial charge is 0.226 e. The van der Waals surface area contributed by atoms with Crippen molar-refractivity contribution >= 4 is 11.7 Å². The molecule has 0 saturated carbocycles. The Balaban J connectivity index is 1.77. The zero-order chi connectivity index (χ0) is 24.5. The summed E-state index contributed by atoms with van der Waals surface area (Å²) in [7, 11) is 4.75. The zero-order valence-electron chi connectivity index (χ0n) is 20.2. The second-order valence-corrected chi connectivity index (χ2v) is 8.49. The van der Waals surface area contributed by atoms with Crippen molar-refractivity contribution in [3.63, 3.8) is 0 Å². The van der Waals surface area contributed by atoms with Crippen LogP contribution in [-0.4, -0.2) is 37.0 Å². The van der Waals surface area contributed by atoms with E-state index in [1.165, 1.54) is 0 Å². The predicted molar refractivity (Wildman–Crippen MR) is 135 cm³/mol. The summed E-state index contributed by atoms with van der Waals surface area (Å²) in [6.07, 6.45) is 0.269. The third kappa shape index (κ3) is 3.99. The van der Waals surface area contributed by atoms with Crippen molar-refractivity contribution in [3.05, 3.63) is 83.4 Å². The molecule has 0 unspecified atom stereocenters. The van der Waals surface area contributed by atoms with Crippen molar-refractivity contribution in [1.29, 1.82) is 0 Å². The molecule has 0 aliphatic carbocycles. The van der Waals surface area contributed by atoms with Gasteiger partial charge in [-0.3, -0.25) is 4.79 Å². The lowest BCUT2D eigenvalue weighted by molar-refractivity contribution is -0.116. The van der Waals surface area contributed by atoms with Crippen molar-refractivity contribution in [2.45, 2.75) is 19.3 Å². The summed E-state index contributed by atoms with van der Waals surface area (Å²) in [4.78, 5) is 13.0. The number of aryl methyl sites for hydroxylation is 1. The fourth-order valence-electron chi connectivity index (χ4n) is 4.62. The van der Waals surface area contributed by atoms with Crippen LogP contribution in [0.3, 0.4) is 0 Å². The van der Waals surface area contributed by atoms with Crippen LogP contribution in [0.5, 0.6) is 17.2 Å². The lowest BCUT2D eigenvalue weighted by Crippen LogP contribution is -2.25. The Hall–Kier alpha value is -4.26. The molecule has 1 atom stereocenters. The van der Waals surface area contributed by atoms with E-state index < -0.39 is 0 Å². The first-order valence-electron chi connectivity index (χ1n) is 11.4. The molecule has 0 saturated heterocycles. The van der Waals surface area contributed by atoms with Gasteiger partial charge in [-0.25, -0.2) is 4.68 Å². The van der Waals surface area contributed by atoms with Crippen molar-refractivity contribution in [2.75, 3.05) is 26.6 Å². The van der Waals surface area contributed by atoms with Crippen LogP contribution in [-0.2, 0) is 4.79 Å². The second kappa shape index (κ2) is 9.18. The van der Waals surface area contributed by atoms with Gasteiger partial charge in [-0.05, 0) is 36.8 Å². The number of aromatic nitrogens is 2. The van der Waals surface area contributed by atoms with E-state index in [1.807, 2.05) is 78.3 Å². The molecule has 4 aromatic rings. The maximum atomic E-state index is 13.0. The van der Waals surface area contributed by atoms with E-state index in [1.54, 1.807) is 21.3 Å². The normalized spacial score (nSPS) is 14.7. The summed E-state index contributed by atoms with van der Waals surface area (Å²) in [5.74, 6) is 1.93. The van der Waals surface area contributed by atoms with Crippen LogP contribution in [0.15, 0.2) is 66.7 Å². The monoisotopic (exact) mass is 469 g/mol. The summed E-state index contributed by atoms with van der Waals surface area (Å²) in [5, 5.41) is 8.09. The number of fused-ring (bicyclic) bond motifs is 1. The summed E-state index contributed by atoms with van der Waals surface area (Å²) < 4.78 is 18.5. The van der Waals surface area contributed by atoms with Crippen molar-refractivity contribution in [3.8, 4) is 34.2 Å². The Labute approximate surface area is 204 Å². The van der Waals surface area contributed by atoms with Gasteiger partial charge < -0.3 is 19.5 Å². The highest BCUT2D eigenvalue weighted by atomic mass is 16.5. The van der Waals surface area contributed by atoms with E-state index in [-0.39, 0.29) is 18.2 Å². The molecule has 3 aromatic carbocycles. The van der Waals surface area contributed by atoms with Gasteiger partial charge in [0.2, 0.25) is 11.7 Å². The van der Waals surface area contributed by atoms with Gasteiger partial charge in [0, 0.05) is 23.5 Å². The average Bonchev–Trinajstić information content (AvgIpc) is 3.27. The van der Waals surface area contributed by atoms with Gasteiger partial charge >= 0.3 is 0 Å². The lowest BCUT2D eigenvalue weighted by Gasteiger charge is -2.26. The van der Waals surface area contributed by atoms with Gasteiger partial charge in [-0.1, -0.05) is 48.0 Å². The number of nitrogens with one attached hydrogen (secondary N) is 1. The zero-order valence-corrected chi connectivity index (χ0v) is 20.2. The standard InChI is InChI=1S/C28H27N3O4/c1-17-10-12-20(13-11-17)31-28-25(26(30-31)18-8-6-5-7-9-18)21(16-24(32)29-28)19-14-22(33-2)27(35-4)23(15-19)34-3/h5-15,21H,16H2,1-4H3,(H,29,32)/t21-/m1/s1. The minimum absolute atomic E-state index is 0.0795. The maximum Gasteiger partial charge on any atom is 0.226 e. The van der Waals surface area contributed by atoms with Gasteiger partial charge in [0.25, 0.3) is 0 Å². The maximum absolute atomic E-state index is 13.0. The van der Waals surface area contributed by atoms with Crippen LogP contribution >= 0.6 is 0 Å². The van der Waals surface area contributed by atoms with Crippen LogP contribution in [0.25, 0.3) is 16.9 Å². The molecule has 1 aliphatic rings. The Morgan fingerprint density at radius 2 is 1.57 bits per heavy atom. The lowest BCUT2D eigenvalue weighted by atomic mass is 9.84. The van der Waals surface area contributed by atoms with E-state index in [0.717, 1.165) is 33.6 Å². The molecule has 35 heavy (non-hydrogen) atoms. The highest BCUT2D eigenvalue weighted by Gasteiger charge is 2.35. The largest absolute Gasteiger partial charge is 0.493 e. The second-order valence-electron chi connectivity index (χ2n) is 8.49. The Morgan fingerprint density at radius 1 is 0.914 bits per heavy atom. The van der Waals surface area contributed by atoms with Crippen molar-refractivity contribution in [2.24, 2.45) is 0 Å². The molecule has 1 aliphatic heterocycles. The Kier molecular flexibility index (Phi) is 5.91. The van der Waals surface area contributed by atoms with E-state index in [2.05, 4.69) is 5.32 Å². The molecular formula is C28H27N3O4. The van der Waals surface area contributed by atoms with Crippen molar-refractivity contribution in [1.82, 2.24) is 9.78 Å². The molecular weight excluding hydrogens is 442 g/mol. The van der Waals surface area contributed by atoms with Crippen LogP contribution in [0.1, 0.15) is 29.0 Å². The molecule has 0 spiro atoms. The van der Waals surface area contributed by atoms with Crippen LogP contribution < -0.4 is 19.5 Å². The molecule has 7 nitrogen and oxygen atoms in total. The van der Waals surface area contributed by atoms with Crippen molar-refractivity contribution < 1.29 is 19.0 Å². The number of methoxy groups -OCH3 is 3. The van der Waals surface area contributed by atoms with E-state index >= 15 is 0 Å². The number of rotatable bonds is 6. The molecule has 5 rings (SSSR count). The van der Waals surface area contributed by atoms with Gasteiger partial charge in [0.1, 0.15) is 5.82 Å². The first-order valence-corrected chi connectivity index (χ1v) is 11.4. The Morgan fingerprint density at radius 3 is 2.17 bits per heavy atom. The SMILES string of the molecule is COc1cc([C@H]2CC(=O)Nc3c2c(-c2ccccc2)nn3-c2ccc(C)cc2)cc(OC)c1OC. The molecule has 0 radical (unpaired) electrons. The first kappa shape index (κ1) is 22.5. The van der Waals surface area contributed by atoms with Gasteiger partial charge in [0.15, 0.2) is 11.5 Å². The van der Waals surface area contributed by atoms with Gasteiger partial charge in [-0.15, -0.1) is 0 Å². The number of carbonyl (C=O) groups is 1. The number of amides is 1. The summed E-state index contributed by atoms with van der Waals surface area (Å²) in [6.45, 7) is 2.04. The number of ether oxygens (including phenoxy) is 3.